The molecule has 0 heterocycles. The van der Waals surface area contributed by atoms with Crippen LogP contribution in [0.15, 0.2) is 24.8 Å². The predicted octanol–water partition coefficient (Wildman–Crippen LogP) is 4.47. The van der Waals surface area contributed by atoms with Gasteiger partial charge in [0.15, 0.2) is 0 Å². The van der Waals surface area contributed by atoms with E-state index in [4.69, 9.17) is 5.73 Å². The Morgan fingerprint density at radius 3 is 2.58 bits per heavy atom. The van der Waals surface area contributed by atoms with Crippen molar-refractivity contribution in [1.82, 2.24) is 0 Å². The molecule has 0 aliphatic heterocycles. The molecule has 0 spiro atoms. The van der Waals surface area contributed by atoms with Crippen LogP contribution in [0.3, 0.4) is 0 Å². The van der Waals surface area contributed by atoms with E-state index in [1.54, 1.807) is 0 Å². The van der Waals surface area contributed by atoms with E-state index in [1.807, 2.05) is 6.08 Å². The Hall–Kier alpha value is -1.08. The number of fused-ring (bicyclic) bond motifs is 1. The van der Waals surface area contributed by atoms with Gasteiger partial charge in [-0.15, -0.1) is 0 Å². The lowest BCUT2D eigenvalue weighted by molar-refractivity contribution is 0.151. The summed E-state index contributed by atoms with van der Waals surface area (Å²) in [5, 5.41) is 0. The maximum absolute atomic E-state index is 6.29. The molecule has 0 aromatic heterocycles. The van der Waals surface area contributed by atoms with Crippen LogP contribution in [0.1, 0.15) is 63.1 Å². The Morgan fingerprint density at radius 2 is 2.11 bits per heavy atom. The average Bonchev–Trinajstić information content (AvgIpc) is 2.42. The highest BCUT2D eigenvalue weighted by atomic mass is 14.7. The first-order chi connectivity index (χ1) is 9.02. The van der Waals surface area contributed by atoms with Crippen molar-refractivity contribution in [2.75, 3.05) is 0 Å². The van der Waals surface area contributed by atoms with Gasteiger partial charge in [-0.1, -0.05) is 58.0 Å². The Labute approximate surface area is 117 Å². The Balaban J connectivity index is 2.54. The van der Waals surface area contributed by atoms with Gasteiger partial charge in [0, 0.05) is 11.5 Å². The van der Waals surface area contributed by atoms with E-state index in [9.17, 15) is 0 Å². The van der Waals surface area contributed by atoms with Crippen molar-refractivity contribution in [2.24, 2.45) is 11.7 Å². The lowest BCUT2D eigenvalue weighted by atomic mass is 9.48. The fourth-order valence-corrected chi connectivity index (χ4v) is 4.40. The van der Waals surface area contributed by atoms with Crippen molar-refractivity contribution in [2.45, 2.75) is 57.9 Å². The lowest BCUT2D eigenvalue weighted by Gasteiger charge is -2.56. The highest BCUT2D eigenvalue weighted by molar-refractivity contribution is 5.58. The fraction of sp³-hybridized carbons (Fsp3) is 0.556. The Kier molecular flexibility index (Phi) is 3.87. The van der Waals surface area contributed by atoms with Crippen LogP contribution in [-0.2, 0) is 5.41 Å². The average molecular weight is 257 g/mol. The third-order valence-corrected chi connectivity index (χ3v) is 5.37. The van der Waals surface area contributed by atoms with E-state index in [0.29, 0.717) is 11.8 Å². The SMILES string of the molecule is C=Cc1ccc2c(c1)C(CC)(C(CC)C(C)N)C2C. The van der Waals surface area contributed by atoms with E-state index in [-0.39, 0.29) is 11.5 Å². The molecule has 1 aliphatic carbocycles. The topological polar surface area (TPSA) is 26.0 Å². The molecule has 0 amide bonds. The van der Waals surface area contributed by atoms with Gasteiger partial charge in [-0.25, -0.2) is 0 Å². The molecule has 0 fully saturated rings. The van der Waals surface area contributed by atoms with E-state index in [0.717, 1.165) is 6.42 Å². The van der Waals surface area contributed by atoms with Gasteiger partial charge in [0.2, 0.25) is 0 Å². The van der Waals surface area contributed by atoms with E-state index in [2.05, 4.69) is 52.5 Å². The normalized spacial score (nSPS) is 28.2. The van der Waals surface area contributed by atoms with Crippen LogP contribution in [0, 0.1) is 5.92 Å². The summed E-state index contributed by atoms with van der Waals surface area (Å²) in [4.78, 5) is 0. The number of hydrogen-bond acceptors (Lipinski definition) is 1. The summed E-state index contributed by atoms with van der Waals surface area (Å²) in [6.45, 7) is 13.0. The molecule has 104 valence electrons. The lowest BCUT2D eigenvalue weighted by Crippen LogP contribution is -2.53. The highest BCUT2D eigenvalue weighted by Gasteiger charge is 2.52. The standard InChI is InChI=1S/C18H27N/c1-6-14-9-10-15-12(4)18(8-3,17(15)11-14)16(7-2)13(5)19/h6,9-13,16H,1,7-8,19H2,2-5H3. The molecular formula is C18H27N. The van der Waals surface area contributed by atoms with E-state index in [1.165, 1.54) is 23.1 Å². The van der Waals surface area contributed by atoms with Crippen LogP contribution < -0.4 is 5.73 Å². The second-order valence-corrected chi connectivity index (χ2v) is 6.04. The van der Waals surface area contributed by atoms with Crippen LogP contribution in [0.25, 0.3) is 6.08 Å². The molecule has 0 bridgehead atoms. The van der Waals surface area contributed by atoms with Gasteiger partial charge in [0.25, 0.3) is 0 Å². The minimum absolute atomic E-state index is 0.243. The van der Waals surface area contributed by atoms with E-state index < -0.39 is 0 Å². The molecular weight excluding hydrogens is 230 g/mol. The molecule has 1 aromatic rings. The fourth-order valence-electron chi connectivity index (χ4n) is 4.40. The molecule has 0 saturated heterocycles. The molecule has 1 heteroatoms. The van der Waals surface area contributed by atoms with Crippen molar-refractivity contribution in [3.05, 3.63) is 41.5 Å². The van der Waals surface area contributed by atoms with Crippen molar-refractivity contribution >= 4 is 6.08 Å². The van der Waals surface area contributed by atoms with Gasteiger partial charge in [-0.05, 0) is 41.9 Å². The summed E-state index contributed by atoms with van der Waals surface area (Å²) in [7, 11) is 0. The third kappa shape index (κ3) is 1.87. The van der Waals surface area contributed by atoms with E-state index >= 15 is 0 Å². The molecule has 4 unspecified atom stereocenters. The first-order valence-corrected chi connectivity index (χ1v) is 7.55. The van der Waals surface area contributed by atoms with Crippen molar-refractivity contribution in [3.63, 3.8) is 0 Å². The molecule has 2 rings (SSSR count). The monoisotopic (exact) mass is 257 g/mol. The summed E-state index contributed by atoms with van der Waals surface area (Å²) >= 11 is 0. The van der Waals surface area contributed by atoms with Crippen LogP contribution in [0.2, 0.25) is 0 Å². The smallest absolute Gasteiger partial charge is 0.00622 e. The summed E-state index contributed by atoms with van der Waals surface area (Å²) in [5.74, 6) is 1.17. The van der Waals surface area contributed by atoms with Crippen molar-refractivity contribution in [3.8, 4) is 0 Å². The first kappa shape index (κ1) is 14.3. The first-order valence-electron chi connectivity index (χ1n) is 7.55. The van der Waals surface area contributed by atoms with Crippen LogP contribution in [0.4, 0.5) is 0 Å². The molecule has 2 N–H and O–H groups in total. The largest absolute Gasteiger partial charge is 0.328 e. The summed E-state index contributed by atoms with van der Waals surface area (Å²) in [5.41, 5.74) is 10.8. The molecule has 1 nitrogen and oxygen atoms in total. The number of hydrogen-bond donors (Lipinski definition) is 1. The Bertz CT molecular complexity index is 475. The second-order valence-electron chi connectivity index (χ2n) is 6.04. The predicted molar refractivity (Wildman–Crippen MR) is 84.3 cm³/mol. The highest BCUT2D eigenvalue weighted by Crippen LogP contribution is 2.59. The van der Waals surface area contributed by atoms with Crippen molar-refractivity contribution < 1.29 is 0 Å². The van der Waals surface area contributed by atoms with Gasteiger partial charge < -0.3 is 5.73 Å². The summed E-state index contributed by atoms with van der Waals surface area (Å²) in [6.07, 6.45) is 4.26. The molecule has 1 aliphatic rings. The zero-order valence-electron chi connectivity index (χ0n) is 12.7. The number of benzene rings is 1. The maximum Gasteiger partial charge on any atom is 0.00622 e. The zero-order valence-corrected chi connectivity index (χ0v) is 12.7. The van der Waals surface area contributed by atoms with Gasteiger partial charge in [0.05, 0.1) is 0 Å². The molecule has 19 heavy (non-hydrogen) atoms. The maximum atomic E-state index is 6.29. The summed E-state index contributed by atoms with van der Waals surface area (Å²) < 4.78 is 0. The molecule has 1 aromatic carbocycles. The molecule has 0 radical (unpaired) electrons. The second kappa shape index (κ2) is 5.13. The number of nitrogens with two attached hydrogens (primary N) is 1. The summed E-state index contributed by atoms with van der Waals surface area (Å²) in [6, 6.07) is 7.03. The molecule has 4 atom stereocenters. The minimum Gasteiger partial charge on any atom is -0.328 e. The van der Waals surface area contributed by atoms with Gasteiger partial charge >= 0.3 is 0 Å². The van der Waals surface area contributed by atoms with Gasteiger partial charge in [-0.3, -0.25) is 0 Å². The number of rotatable bonds is 5. The van der Waals surface area contributed by atoms with Crippen LogP contribution >= 0.6 is 0 Å². The Morgan fingerprint density at radius 1 is 1.42 bits per heavy atom. The van der Waals surface area contributed by atoms with Crippen LogP contribution in [0.5, 0.6) is 0 Å². The quantitative estimate of drug-likeness (QED) is 0.827. The molecule has 0 saturated carbocycles. The van der Waals surface area contributed by atoms with Gasteiger partial charge in [0.1, 0.15) is 0 Å². The zero-order chi connectivity index (χ0) is 14.2. The minimum atomic E-state index is 0.243. The third-order valence-electron chi connectivity index (χ3n) is 5.37. The van der Waals surface area contributed by atoms with Crippen LogP contribution in [-0.4, -0.2) is 6.04 Å². The van der Waals surface area contributed by atoms with Crippen molar-refractivity contribution in [1.29, 1.82) is 0 Å². The van der Waals surface area contributed by atoms with Gasteiger partial charge in [-0.2, -0.15) is 0 Å².